The van der Waals surface area contributed by atoms with Crippen molar-refractivity contribution in [1.29, 1.82) is 0 Å². The van der Waals surface area contributed by atoms with E-state index in [4.69, 9.17) is 4.42 Å². The van der Waals surface area contributed by atoms with Crippen LogP contribution in [0.3, 0.4) is 0 Å². The maximum atomic E-state index is 12.1. The highest BCUT2D eigenvalue weighted by Crippen LogP contribution is 2.70. The van der Waals surface area contributed by atoms with E-state index in [2.05, 4.69) is 19.9 Å². The zero-order chi connectivity index (χ0) is 19.7. The fraction of sp³-hybridized carbons (Fsp3) is 0.708. The lowest BCUT2D eigenvalue weighted by Gasteiger charge is -2.61. The fourth-order valence-corrected chi connectivity index (χ4v) is 7.78. The van der Waals surface area contributed by atoms with Crippen LogP contribution in [0, 0.1) is 22.7 Å². The molecule has 1 aromatic rings. The lowest BCUT2D eigenvalue weighted by atomic mass is 9.45. The second-order valence-corrected chi connectivity index (χ2v) is 10.3. The van der Waals surface area contributed by atoms with Crippen molar-refractivity contribution in [2.75, 3.05) is 0 Å². The molecule has 0 spiro atoms. The Kier molecular flexibility index (Phi) is 4.03. The van der Waals surface area contributed by atoms with E-state index >= 15 is 0 Å². The number of aliphatic hydroxyl groups excluding tert-OH is 1. The van der Waals surface area contributed by atoms with Gasteiger partial charge in [-0.25, -0.2) is 4.79 Å². The normalized spacial score (nSPS) is 47.6. The van der Waals surface area contributed by atoms with Gasteiger partial charge < -0.3 is 14.6 Å². The molecule has 0 amide bonds. The van der Waals surface area contributed by atoms with E-state index in [9.17, 15) is 15.0 Å². The first-order chi connectivity index (χ1) is 13.3. The summed E-state index contributed by atoms with van der Waals surface area (Å²) in [5.41, 5.74) is 1.45. The second-order valence-electron chi connectivity index (χ2n) is 10.3. The smallest absolute Gasteiger partial charge is 0.335 e. The average Bonchev–Trinajstić information content (AvgIpc) is 2.95. The van der Waals surface area contributed by atoms with Crippen molar-refractivity contribution in [2.24, 2.45) is 22.7 Å². The van der Waals surface area contributed by atoms with Crippen molar-refractivity contribution < 1.29 is 14.6 Å². The summed E-state index contributed by atoms with van der Waals surface area (Å²) in [6.07, 6.45) is 11.2. The van der Waals surface area contributed by atoms with Gasteiger partial charge in [0.15, 0.2) is 0 Å². The van der Waals surface area contributed by atoms with E-state index in [1.165, 1.54) is 11.6 Å². The van der Waals surface area contributed by atoms with Crippen LogP contribution >= 0.6 is 0 Å². The summed E-state index contributed by atoms with van der Waals surface area (Å²) in [4.78, 5) is 11.4. The molecule has 152 valence electrons. The quantitative estimate of drug-likeness (QED) is 0.713. The summed E-state index contributed by atoms with van der Waals surface area (Å²) in [7, 11) is 0. The van der Waals surface area contributed by atoms with Crippen LogP contribution in [0.2, 0.25) is 0 Å². The molecule has 0 radical (unpaired) electrons. The largest absolute Gasteiger partial charge is 0.431 e. The van der Waals surface area contributed by atoms with Crippen LogP contribution in [0.1, 0.15) is 76.7 Å². The van der Waals surface area contributed by atoms with Crippen LogP contribution in [0.15, 0.2) is 39.3 Å². The lowest BCUT2D eigenvalue weighted by Crippen LogP contribution is -2.60. The molecule has 4 aliphatic rings. The molecule has 3 fully saturated rings. The van der Waals surface area contributed by atoms with Crippen LogP contribution in [-0.2, 0) is 0 Å². The van der Waals surface area contributed by atoms with Crippen molar-refractivity contribution in [2.45, 2.75) is 82.8 Å². The molecule has 5 rings (SSSR count). The molecule has 1 heterocycles. The number of hydrogen-bond donors (Lipinski definition) is 2. The Bertz CT molecular complexity index is 851. The lowest BCUT2D eigenvalue weighted by molar-refractivity contribution is -0.178. The van der Waals surface area contributed by atoms with Gasteiger partial charge in [-0.1, -0.05) is 25.5 Å². The molecular formula is C24H32O4. The van der Waals surface area contributed by atoms with Crippen LogP contribution in [0.4, 0.5) is 0 Å². The number of allylic oxidation sites excluding steroid dienone is 1. The molecule has 0 aliphatic heterocycles. The van der Waals surface area contributed by atoms with Crippen molar-refractivity contribution in [3.05, 3.63) is 46.0 Å². The molecule has 4 aliphatic carbocycles. The maximum absolute atomic E-state index is 12.1. The Labute approximate surface area is 166 Å². The zero-order valence-corrected chi connectivity index (χ0v) is 17.0. The van der Waals surface area contributed by atoms with Crippen LogP contribution in [0.5, 0.6) is 0 Å². The van der Waals surface area contributed by atoms with E-state index in [1.54, 1.807) is 6.26 Å². The fourth-order valence-electron chi connectivity index (χ4n) is 7.78. The van der Waals surface area contributed by atoms with Gasteiger partial charge in [0.2, 0.25) is 0 Å². The number of hydrogen-bond acceptors (Lipinski definition) is 4. The minimum atomic E-state index is -0.665. The molecule has 3 unspecified atom stereocenters. The molecule has 28 heavy (non-hydrogen) atoms. The van der Waals surface area contributed by atoms with E-state index in [0.29, 0.717) is 11.8 Å². The first-order valence-corrected chi connectivity index (χ1v) is 11.0. The van der Waals surface area contributed by atoms with E-state index in [0.717, 1.165) is 56.9 Å². The Morgan fingerprint density at radius 1 is 1.04 bits per heavy atom. The average molecular weight is 385 g/mol. The van der Waals surface area contributed by atoms with Gasteiger partial charge in [0, 0.05) is 11.5 Å². The van der Waals surface area contributed by atoms with Crippen LogP contribution < -0.4 is 5.63 Å². The van der Waals surface area contributed by atoms with Crippen molar-refractivity contribution in [3.63, 3.8) is 0 Å². The van der Waals surface area contributed by atoms with E-state index in [-0.39, 0.29) is 28.5 Å². The molecule has 0 bridgehead atoms. The molecule has 1 aromatic heterocycles. The monoisotopic (exact) mass is 384 g/mol. The Balaban J connectivity index is 1.51. The van der Waals surface area contributed by atoms with Gasteiger partial charge in [-0.3, -0.25) is 0 Å². The molecule has 7 atom stereocenters. The second kappa shape index (κ2) is 6.06. The van der Waals surface area contributed by atoms with Crippen molar-refractivity contribution in [3.8, 4) is 0 Å². The third kappa shape index (κ3) is 2.34. The minimum Gasteiger partial charge on any atom is -0.431 e. The van der Waals surface area contributed by atoms with Crippen LogP contribution in [0.25, 0.3) is 0 Å². The Morgan fingerprint density at radius 2 is 1.86 bits per heavy atom. The van der Waals surface area contributed by atoms with Gasteiger partial charge in [-0.15, -0.1) is 0 Å². The molecule has 4 nitrogen and oxygen atoms in total. The highest BCUT2D eigenvalue weighted by molar-refractivity contribution is 5.31. The zero-order valence-electron chi connectivity index (χ0n) is 17.0. The number of aliphatic hydroxyl groups is 2. The number of fused-ring (bicyclic) bond motifs is 5. The Morgan fingerprint density at radius 3 is 2.61 bits per heavy atom. The summed E-state index contributed by atoms with van der Waals surface area (Å²) >= 11 is 0. The molecular weight excluding hydrogens is 352 g/mol. The van der Waals surface area contributed by atoms with Gasteiger partial charge in [0.05, 0.1) is 18.0 Å². The Hall–Kier alpha value is -1.39. The van der Waals surface area contributed by atoms with Gasteiger partial charge in [0.25, 0.3) is 0 Å². The standard InChI is InChI=1S/C24H32O4/c1-22-10-7-17(25)13-16(22)4-5-20-19(22)8-11-23(2)18(9-12-24(20,23)27)15-3-6-21(26)28-14-15/h3,6,13-14,17-20,25,27H,4-5,7-12H2,1-2H3/t17-,18+,19?,20?,22-,23+,24?/m0/s1. The van der Waals surface area contributed by atoms with E-state index in [1.807, 2.05) is 6.07 Å². The minimum absolute atomic E-state index is 0.122. The SMILES string of the molecule is C[C@]12CC[C@H](O)C=C1CCC1C2CC[C@]2(C)[C@@H](c3ccc(=O)oc3)CCC12O. The third-order valence-corrected chi connectivity index (χ3v) is 9.40. The topological polar surface area (TPSA) is 70.7 Å². The molecule has 0 saturated heterocycles. The summed E-state index contributed by atoms with van der Waals surface area (Å²) in [5, 5.41) is 22.3. The molecule has 4 heteroatoms. The third-order valence-electron chi connectivity index (χ3n) is 9.40. The molecule has 2 N–H and O–H groups in total. The van der Waals surface area contributed by atoms with Gasteiger partial charge in [0.1, 0.15) is 0 Å². The summed E-state index contributed by atoms with van der Waals surface area (Å²) in [5.74, 6) is 1.04. The van der Waals surface area contributed by atoms with Gasteiger partial charge in [-0.2, -0.15) is 0 Å². The highest BCUT2D eigenvalue weighted by Gasteiger charge is 2.66. The number of rotatable bonds is 1. The maximum Gasteiger partial charge on any atom is 0.335 e. The molecule has 3 saturated carbocycles. The first kappa shape index (κ1) is 18.6. The predicted octanol–water partition coefficient (Wildman–Crippen LogP) is 4.16. The first-order valence-electron chi connectivity index (χ1n) is 11.0. The highest BCUT2D eigenvalue weighted by atomic mass is 16.4. The van der Waals surface area contributed by atoms with Gasteiger partial charge >= 0.3 is 5.63 Å². The van der Waals surface area contributed by atoms with Gasteiger partial charge in [-0.05, 0) is 86.2 Å². The van der Waals surface area contributed by atoms with E-state index < -0.39 is 5.60 Å². The summed E-state index contributed by atoms with van der Waals surface area (Å²) in [6, 6.07) is 3.40. The summed E-state index contributed by atoms with van der Waals surface area (Å²) < 4.78 is 5.16. The van der Waals surface area contributed by atoms with Crippen LogP contribution in [-0.4, -0.2) is 21.9 Å². The van der Waals surface area contributed by atoms with Crippen molar-refractivity contribution >= 4 is 0 Å². The molecule has 0 aromatic carbocycles. The predicted molar refractivity (Wildman–Crippen MR) is 107 cm³/mol. The summed E-state index contributed by atoms with van der Waals surface area (Å²) in [6.45, 7) is 4.65. The van der Waals surface area contributed by atoms with Crippen molar-refractivity contribution in [1.82, 2.24) is 0 Å².